The number of carbonyl (C=O) groups is 1. The average molecular weight is 158 g/mol. The van der Waals surface area contributed by atoms with Crippen molar-refractivity contribution >= 4 is 18.1 Å². The zero-order valence-corrected chi connectivity index (χ0v) is 5.86. The van der Waals surface area contributed by atoms with Gasteiger partial charge in [-0.05, 0) is 12.2 Å². The molecule has 54 valence electrons. The summed E-state index contributed by atoms with van der Waals surface area (Å²) in [5, 5.41) is 5.14. The van der Waals surface area contributed by atoms with Crippen molar-refractivity contribution in [1.82, 2.24) is 15.2 Å². The van der Waals surface area contributed by atoms with Crippen molar-refractivity contribution in [3.05, 3.63) is 10.6 Å². The quantitative estimate of drug-likeness (QED) is 0.507. The van der Waals surface area contributed by atoms with Crippen molar-refractivity contribution in [3.63, 3.8) is 0 Å². The number of carbonyl (C=O) groups excluding carboxylic acids is 1. The molecule has 0 aliphatic heterocycles. The van der Waals surface area contributed by atoms with Gasteiger partial charge in [0.25, 0.3) is 0 Å². The highest BCUT2D eigenvalue weighted by atomic mass is 32.1. The van der Waals surface area contributed by atoms with Crippen molar-refractivity contribution in [1.29, 1.82) is 0 Å². The summed E-state index contributed by atoms with van der Waals surface area (Å²) in [4.78, 5) is 14.0. The average Bonchev–Trinajstić information content (AvgIpc) is 2.13. The van der Waals surface area contributed by atoms with E-state index in [1.807, 2.05) is 0 Å². The fourth-order valence-electron chi connectivity index (χ4n) is 0.553. The van der Waals surface area contributed by atoms with Gasteiger partial charge in [0, 0.05) is 0 Å². The normalized spacial score (nSPS) is 9.60. The Bertz CT molecular complexity index is 287. The van der Waals surface area contributed by atoms with Gasteiger partial charge in [0.05, 0.1) is 6.42 Å². The summed E-state index contributed by atoms with van der Waals surface area (Å²) in [6.07, 6.45) is 0.0904. The third-order valence-corrected chi connectivity index (χ3v) is 1.09. The molecule has 0 saturated heterocycles. The molecular formula is C4H6N4OS. The van der Waals surface area contributed by atoms with Crippen molar-refractivity contribution in [2.45, 2.75) is 6.42 Å². The molecule has 0 aromatic carbocycles. The van der Waals surface area contributed by atoms with Crippen LogP contribution >= 0.6 is 12.2 Å². The molecule has 0 aliphatic rings. The molecule has 1 aromatic rings. The maximum atomic E-state index is 10.3. The van der Waals surface area contributed by atoms with Crippen LogP contribution in [0.2, 0.25) is 0 Å². The lowest BCUT2D eigenvalue weighted by atomic mass is 10.4. The molecule has 0 fully saturated rings. The smallest absolute Gasteiger partial charge is 0.225 e. The summed E-state index contributed by atoms with van der Waals surface area (Å²) in [7, 11) is 0. The Kier molecular flexibility index (Phi) is 1.81. The molecule has 1 heterocycles. The first kappa shape index (κ1) is 6.94. The summed E-state index contributed by atoms with van der Waals surface area (Å²) in [5.74, 6) is 0.0373. The summed E-state index contributed by atoms with van der Waals surface area (Å²) in [6, 6.07) is 0. The second-order valence-electron chi connectivity index (χ2n) is 1.76. The van der Waals surface area contributed by atoms with Crippen LogP contribution in [-0.2, 0) is 11.2 Å². The molecule has 5 nitrogen and oxygen atoms in total. The number of aromatic amines is 2. The molecule has 0 spiro atoms. The molecule has 0 radical (unpaired) electrons. The molecule has 0 bridgehead atoms. The molecule has 0 unspecified atom stereocenters. The second kappa shape index (κ2) is 2.61. The van der Waals surface area contributed by atoms with Gasteiger partial charge in [0.2, 0.25) is 10.7 Å². The van der Waals surface area contributed by atoms with Crippen LogP contribution in [0.25, 0.3) is 0 Å². The van der Waals surface area contributed by atoms with Crippen LogP contribution in [0, 0.1) is 4.77 Å². The second-order valence-corrected chi connectivity index (χ2v) is 2.14. The molecule has 1 rings (SSSR count). The van der Waals surface area contributed by atoms with Gasteiger partial charge in [-0.25, -0.2) is 4.98 Å². The number of rotatable bonds is 2. The Morgan fingerprint density at radius 1 is 1.70 bits per heavy atom. The minimum Gasteiger partial charge on any atom is -0.369 e. The topological polar surface area (TPSA) is 87.6 Å². The van der Waals surface area contributed by atoms with Crippen LogP contribution in [0.5, 0.6) is 0 Å². The number of hydrogen-bond donors (Lipinski definition) is 3. The van der Waals surface area contributed by atoms with Gasteiger partial charge in [-0.2, -0.15) is 0 Å². The highest BCUT2D eigenvalue weighted by Crippen LogP contribution is 1.86. The van der Waals surface area contributed by atoms with Gasteiger partial charge in [0.1, 0.15) is 5.82 Å². The maximum absolute atomic E-state index is 10.3. The summed E-state index contributed by atoms with van der Waals surface area (Å²) in [5.41, 5.74) is 4.89. The first-order chi connectivity index (χ1) is 4.68. The fourth-order valence-corrected chi connectivity index (χ4v) is 0.714. The van der Waals surface area contributed by atoms with Gasteiger partial charge in [-0.15, -0.1) is 0 Å². The Labute approximate surface area is 61.6 Å². The molecule has 10 heavy (non-hydrogen) atoms. The largest absolute Gasteiger partial charge is 0.369 e. The van der Waals surface area contributed by atoms with Gasteiger partial charge < -0.3 is 5.73 Å². The number of amides is 1. The standard InChI is InChI=1S/C4H6N4OS/c5-2(9)1-3-6-4(10)8-7-3/h1H2,(H2,5,9)(H2,6,7,8,10). The fraction of sp³-hybridized carbons (Fsp3) is 0.250. The maximum Gasteiger partial charge on any atom is 0.225 e. The molecular weight excluding hydrogens is 152 g/mol. The minimum atomic E-state index is -0.433. The van der Waals surface area contributed by atoms with Gasteiger partial charge in [-0.1, -0.05) is 0 Å². The first-order valence-corrected chi connectivity index (χ1v) is 3.01. The summed E-state index contributed by atoms with van der Waals surface area (Å²) >= 11 is 4.64. The molecule has 0 saturated carbocycles. The SMILES string of the molecule is NC(=O)Cc1nc(=S)[nH][nH]1. The van der Waals surface area contributed by atoms with Crippen molar-refractivity contribution < 1.29 is 4.79 Å². The van der Waals surface area contributed by atoms with Crippen LogP contribution in [0.15, 0.2) is 0 Å². The predicted molar refractivity (Wildman–Crippen MR) is 36.7 cm³/mol. The highest BCUT2D eigenvalue weighted by molar-refractivity contribution is 7.71. The summed E-state index contributed by atoms with van der Waals surface area (Å²) < 4.78 is 0.330. The number of nitrogens with one attached hydrogen (secondary N) is 2. The van der Waals surface area contributed by atoms with Gasteiger partial charge >= 0.3 is 0 Å². The lowest BCUT2D eigenvalue weighted by Gasteiger charge is -1.85. The predicted octanol–water partition coefficient (Wildman–Crippen LogP) is -0.505. The molecule has 4 N–H and O–H groups in total. The third-order valence-electron chi connectivity index (χ3n) is 0.892. The number of primary amides is 1. The van der Waals surface area contributed by atoms with Crippen LogP contribution in [0.3, 0.4) is 0 Å². The minimum absolute atomic E-state index is 0.0904. The van der Waals surface area contributed by atoms with Crippen LogP contribution in [-0.4, -0.2) is 21.1 Å². The van der Waals surface area contributed by atoms with Crippen molar-refractivity contribution in [2.24, 2.45) is 5.73 Å². The Balaban J connectivity index is 2.76. The number of aromatic nitrogens is 3. The number of nitrogens with zero attached hydrogens (tertiary/aromatic N) is 1. The highest BCUT2D eigenvalue weighted by Gasteiger charge is 1.99. The molecule has 0 atom stereocenters. The first-order valence-electron chi connectivity index (χ1n) is 2.60. The molecule has 6 heteroatoms. The number of H-pyrrole nitrogens is 2. The van der Waals surface area contributed by atoms with E-state index in [2.05, 4.69) is 27.4 Å². The third kappa shape index (κ3) is 1.66. The monoisotopic (exact) mass is 158 g/mol. The Hall–Kier alpha value is -1.17. The lowest BCUT2D eigenvalue weighted by molar-refractivity contribution is -0.117. The van der Waals surface area contributed by atoms with E-state index < -0.39 is 5.91 Å². The van der Waals surface area contributed by atoms with E-state index in [1.54, 1.807) is 0 Å². The van der Waals surface area contributed by atoms with E-state index in [0.29, 0.717) is 10.6 Å². The summed E-state index contributed by atoms with van der Waals surface area (Å²) in [6.45, 7) is 0. The number of hydrogen-bond acceptors (Lipinski definition) is 3. The zero-order chi connectivity index (χ0) is 7.56. The molecule has 1 amide bonds. The van der Waals surface area contributed by atoms with Gasteiger partial charge in [-0.3, -0.25) is 15.0 Å². The van der Waals surface area contributed by atoms with Crippen LogP contribution in [0.1, 0.15) is 5.82 Å². The zero-order valence-electron chi connectivity index (χ0n) is 5.05. The molecule has 0 aliphatic carbocycles. The van der Waals surface area contributed by atoms with Crippen molar-refractivity contribution in [3.8, 4) is 0 Å². The van der Waals surface area contributed by atoms with Gasteiger partial charge in [0.15, 0.2) is 0 Å². The molecule has 1 aromatic heterocycles. The van der Waals surface area contributed by atoms with E-state index in [9.17, 15) is 4.79 Å². The van der Waals surface area contributed by atoms with Crippen LogP contribution in [0.4, 0.5) is 0 Å². The van der Waals surface area contributed by atoms with E-state index in [-0.39, 0.29) is 6.42 Å². The van der Waals surface area contributed by atoms with E-state index in [1.165, 1.54) is 0 Å². The van der Waals surface area contributed by atoms with E-state index in [0.717, 1.165) is 0 Å². The van der Waals surface area contributed by atoms with E-state index in [4.69, 9.17) is 5.73 Å². The Morgan fingerprint density at radius 3 is 2.80 bits per heavy atom. The Morgan fingerprint density at radius 2 is 2.40 bits per heavy atom. The number of nitrogens with two attached hydrogens (primary N) is 1. The lowest BCUT2D eigenvalue weighted by Crippen LogP contribution is -2.14. The van der Waals surface area contributed by atoms with Crippen LogP contribution < -0.4 is 5.73 Å². The van der Waals surface area contributed by atoms with Crippen molar-refractivity contribution in [2.75, 3.05) is 0 Å². The van der Waals surface area contributed by atoms with E-state index >= 15 is 0 Å².